The average molecular weight is 373 g/mol. The Labute approximate surface area is 158 Å². The fourth-order valence-electron chi connectivity index (χ4n) is 2.08. The van der Waals surface area contributed by atoms with E-state index < -0.39 is 11.9 Å². The summed E-state index contributed by atoms with van der Waals surface area (Å²) in [6.07, 6.45) is 0. The van der Waals surface area contributed by atoms with Gasteiger partial charge in [0.1, 0.15) is 23.9 Å². The molecule has 0 spiro atoms. The van der Waals surface area contributed by atoms with Crippen molar-refractivity contribution in [2.24, 2.45) is 0 Å². The van der Waals surface area contributed by atoms with Gasteiger partial charge in [0.05, 0.1) is 6.61 Å². The lowest BCUT2D eigenvalue weighted by Crippen LogP contribution is -2.22. The number of benzene rings is 2. The molecule has 144 valence electrons. The van der Waals surface area contributed by atoms with Crippen LogP contribution >= 0.6 is 0 Å². The summed E-state index contributed by atoms with van der Waals surface area (Å²) < 4.78 is 20.8. The van der Waals surface area contributed by atoms with Crippen molar-refractivity contribution < 1.29 is 28.5 Å². The van der Waals surface area contributed by atoms with Gasteiger partial charge in [-0.15, -0.1) is 0 Å². The monoisotopic (exact) mass is 373 g/mol. The molecule has 0 aliphatic rings. The minimum Gasteiger partial charge on any atom is -0.494 e. The van der Waals surface area contributed by atoms with Crippen molar-refractivity contribution in [1.29, 1.82) is 0 Å². The van der Waals surface area contributed by atoms with Crippen LogP contribution in [-0.4, -0.2) is 38.3 Å². The number of hydrogen-bond donors (Lipinski definition) is 1. The molecule has 0 aliphatic carbocycles. The van der Waals surface area contributed by atoms with Crippen LogP contribution in [0.1, 0.15) is 13.8 Å². The van der Waals surface area contributed by atoms with Crippen molar-refractivity contribution in [3.05, 3.63) is 48.5 Å². The highest BCUT2D eigenvalue weighted by Gasteiger charge is 2.08. The maximum absolute atomic E-state index is 11.8. The fraction of sp³-hybridized carbons (Fsp3) is 0.300. The second-order valence-corrected chi connectivity index (χ2v) is 5.38. The van der Waals surface area contributed by atoms with E-state index in [2.05, 4.69) is 5.32 Å². The van der Waals surface area contributed by atoms with E-state index >= 15 is 0 Å². The molecule has 7 nitrogen and oxygen atoms in total. The molecule has 0 fully saturated rings. The van der Waals surface area contributed by atoms with Crippen LogP contribution in [-0.2, 0) is 19.1 Å². The van der Waals surface area contributed by atoms with E-state index in [1.807, 2.05) is 31.2 Å². The number of ether oxygens (including phenoxy) is 4. The first-order chi connectivity index (χ1) is 13.1. The summed E-state index contributed by atoms with van der Waals surface area (Å²) in [6, 6.07) is 14.2. The molecule has 0 aromatic heterocycles. The molecule has 0 aliphatic heterocycles. The van der Waals surface area contributed by atoms with Crippen molar-refractivity contribution in [2.45, 2.75) is 13.8 Å². The van der Waals surface area contributed by atoms with Gasteiger partial charge in [-0.1, -0.05) is 0 Å². The quantitative estimate of drug-likeness (QED) is 0.643. The lowest BCUT2D eigenvalue weighted by atomic mass is 10.3. The zero-order chi connectivity index (χ0) is 19.5. The third kappa shape index (κ3) is 7.37. The van der Waals surface area contributed by atoms with Crippen molar-refractivity contribution in [2.75, 3.05) is 31.7 Å². The van der Waals surface area contributed by atoms with Crippen LogP contribution in [0.4, 0.5) is 5.69 Å². The van der Waals surface area contributed by atoms with Gasteiger partial charge < -0.3 is 24.3 Å². The van der Waals surface area contributed by atoms with Crippen LogP contribution in [0.3, 0.4) is 0 Å². The summed E-state index contributed by atoms with van der Waals surface area (Å²) in [5, 5.41) is 2.64. The van der Waals surface area contributed by atoms with Gasteiger partial charge in [0.2, 0.25) is 0 Å². The highest BCUT2D eigenvalue weighted by Crippen LogP contribution is 2.25. The first-order valence-electron chi connectivity index (χ1n) is 8.64. The molecule has 2 aromatic rings. The molecule has 0 radical (unpaired) electrons. The van der Waals surface area contributed by atoms with Crippen LogP contribution in [0.15, 0.2) is 48.5 Å². The van der Waals surface area contributed by atoms with Gasteiger partial charge in [-0.25, -0.2) is 4.79 Å². The second-order valence-electron chi connectivity index (χ2n) is 5.38. The van der Waals surface area contributed by atoms with Crippen molar-refractivity contribution in [3.63, 3.8) is 0 Å². The van der Waals surface area contributed by atoms with Crippen LogP contribution < -0.4 is 14.8 Å². The van der Waals surface area contributed by atoms with Gasteiger partial charge in [-0.05, 0) is 62.4 Å². The molecule has 2 aromatic carbocycles. The third-order valence-electron chi connectivity index (χ3n) is 3.30. The normalized spacial score (nSPS) is 10.1. The minimum absolute atomic E-state index is 0.165. The summed E-state index contributed by atoms with van der Waals surface area (Å²) in [5.41, 5.74) is 0.569. The molecule has 0 unspecified atom stereocenters. The van der Waals surface area contributed by atoms with E-state index in [4.69, 9.17) is 18.9 Å². The molecule has 0 bridgehead atoms. The Hall–Kier alpha value is -3.06. The van der Waals surface area contributed by atoms with Crippen molar-refractivity contribution in [1.82, 2.24) is 0 Å². The smallest absolute Gasteiger partial charge is 0.332 e. The Morgan fingerprint density at radius 3 is 2.00 bits per heavy atom. The Balaban J connectivity index is 1.80. The van der Waals surface area contributed by atoms with Crippen LogP contribution in [0, 0.1) is 0 Å². The molecule has 1 N–H and O–H groups in total. The largest absolute Gasteiger partial charge is 0.494 e. The van der Waals surface area contributed by atoms with E-state index in [9.17, 15) is 9.59 Å². The minimum atomic E-state index is -0.578. The van der Waals surface area contributed by atoms with Gasteiger partial charge in [-0.3, -0.25) is 4.79 Å². The topological polar surface area (TPSA) is 83.1 Å². The Kier molecular flexibility index (Phi) is 8.12. The molecule has 0 atom stereocenters. The molecule has 7 heteroatoms. The maximum atomic E-state index is 11.8. The van der Waals surface area contributed by atoms with Gasteiger partial charge >= 0.3 is 5.97 Å². The number of rotatable bonds is 10. The van der Waals surface area contributed by atoms with Crippen molar-refractivity contribution in [3.8, 4) is 17.2 Å². The molecular formula is C20H23NO6. The molecular weight excluding hydrogens is 350 g/mol. The molecule has 27 heavy (non-hydrogen) atoms. The summed E-state index contributed by atoms with van der Waals surface area (Å²) in [4.78, 5) is 23.1. The standard InChI is InChI=1S/C20H23NO6/c1-3-24-14-20(23)26-13-19(22)21-15-5-7-17(8-6-15)27-18-11-9-16(10-12-18)25-4-2/h5-12H,3-4,13-14H2,1-2H3,(H,21,22). The predicted octanol–water partition coefficient (Wildman–Crippen LogP) is 3.40. The van der Waals surface area contributed by atoms with Crippen LogP contribution in [0.2, 0.25) is 0 Å². The Morgan fingerprint density at radius 1 is 0.815 bits per heavy atom. The number of nitrogens with one attached hydrogen (secondary N) is 1. The lowest BCUT2D eigenvalue weighted by Gasteiger charge is -2.09. The molecule has 2 rings (SSSR count). The predicted molar refractivity (Wildman–Crippen MR) is 100 cm³/mol. The van der Waals surface area contributed by atoms with E-state index in [0.717, 1.165) is 5.75 Å². The molecule has 0 heterocycles. The SMILES string of the molecule is CCOCC(=O)OCC(=O)Nc1ccc(Oc2ccc(OCC)cc2)cc1. The molecule has 0 saturated heterocycles. The highest BCUT2D eigenvalue weighted by molar-refractivity contribution is 5.92. The number of carbonyl (C=O) groups is 2. The Morgan fingerprint density at radius 2 is 1.41 bits per heavy atom. The fourth-order valence-corrected chi connectivity index (χ4v) is 2.08. The van der Waals surface area contributed by atoms with Crippen LogP contribution in [0.25, 0.3) is 0 Å². The summed E-state index contributed by atoms with van der Waals surface area (Å²) >= 11 is 0. The highest BCUT2D eigenvalue weighted by atomic mass is 16.6. The second kappa shape index (κ2) is 10.8. The lowest BCUT2D eigenvalue weighted by molar-refractivity contribution is -0.151. The Bertz CT molecular complexity index is 727. The van der Waals surface area contributed by atoms with Gasteiger partial charge in [-0.2, -0.15) is 0 Å². The summed E-state index contributed by atoms with van der Waals surface area (Å²) in [7, 11) is 0. The van der Waals surface area contributed by atoms with Crippen LogP contribution in [0.5, 0.6) is 17.2 Å². The van der Waals surface area contributed by atoms with E-state index in [-0.39, 0.29) is 13.2 Å². The van der Waals surface area contributed by atoms with Crippen molar-refractivity contribution >= 4 is 17.6 Å². The number of carbonyl (C=O) groups excluding carboxylic acids is 2. The van der Waals surface area contributed by atoms with E-state index in [1.54, 1.807) is 31.2 Å². The number of hydrogen-bond acceptors (Lipinski definition) is 6. The first-order valence-corrected chi connectivity index (χ1v) is 8.64. The number of esters is 1. The summed E-state index contributed by atoms with van der Waals surface area (Å²) in [6.45, 7) is 4.18. The molecule has 1 amide bonds. The summed E-state index contributed by atoms with van der Waals surface area (Å²) in [5.74, 6) is 1.08. The first kappa shape index (κ1) is 20.3. The number of amides is 1. The van der Waals surface area contributed by atoms with Gasteiger partial charge in [0.15, 0.2) is 6.61 Å². The number of anilines is 1. The van der Waals surface area contributed by atoms with Gasteiger partial charge in [0, 0.05) is 12.3 Å². The zero-order valence-electron chi connectivity index (χ0n) is 15.4. The van der Waals surface area contributed by atoms with Gasteiger partial charge in [0.25, 0.3) is 5.91 Å². The van der Waals surface area contributed by atoms with E-state index in [1.165, 1.54) is 0 Å². The zero-order valence-corrected chi connectivity index (χ0v) is 15.4. The molecule has 0 saturated carbocycles. The maximum Gasteiger partial charge on any atom is 0.332 e. The third-order valence-corrected chi connectivity index (χ3v) is 3.30. The van der Waals surface area contributed by atoms with E-state index in [0.29, 0.717) is 30.4 Å². The average Bonchev–Trinajstić information content (AvgIpc) is 2.68.